The van der Waals surface area contributed by atoms with Crippen LogP contribution in [0.15, 0.2) is 12.2 Å². The molecule has 0 heterocycles. The molecule has 1 N–H and O–H groups in total. The van der Waals surface area contributed by atoms with Crippen molar-refractivity contribution in [3.63, 3.8) is 0 Å². The van der Waals surface area contributed by atoms with E-state index in [9.17, 15) is 14.7 Å². The SMILES string of the molecule is CCCCCCCCCCCCCCCCCC(CCCCCCCCCCCCCC)OC(=O)C1(C)C=CCCC1C(=O)O. The minimum Gasteiger partial charge on any atom is -0.481 e. The van der Waals surface area contributed by atoms with Gasteiger partial charge in [0.15, 0.2) is 0 Å². The zero-order valence-electron chi connectivity index (χ0n) is 30.4. The summed E-state index contributed by atoms with van der Waals surface area (Å²) in [5, 5.41) is 9.79. The number of ether oxygens (including phenoxy) is 1. The Hall–Kier alpha value is -1.32. The van der Waals surface area contributed by atoms with Crippen molar-refractivity contribution in [3.8, 4) is 0 Å². The highest BCUT2D eigenvalue weighted by Crippen LogP contribution is 2.39. The molecule has 1 aliphatic carbocycles. The number of esters is 1. The van der Waals surface area contributed by atoms with Gasteiger partial charge in [-0.1, -0.05) is 187 Å². The van der Waals surface area contributed by atoms with Crippen molar-refractivity contribution < 1.29 is 19.4 Å². The Labute approximate surface area is 280 Å². The molecule has 0 radical (unpaired) electrons. The van der Waals surface area contributed by atoms with Gasteiger partial charge in [-0.3, -0.25) is 9.59 Å². The van der Waals surface area contributed by atoms with Crippen LogP contribution >= 0.6 is 0 Å². The molecule has 45 heavy (non-hydrogen) atoms. The highest BCUT2D eigenvalue weighted by Gasteiger charge is 2.46. The molecular weight excluding hydrogens is 556 g/mol. The lowest BCUT2D eigenvalue weighted by Gasteiger charge is -2.34. The van der Waals surface area contributed by atoms with Crippen molar-refractivity contribution in [1.29, 1.82) is 0 Å². The summed E-state index contributed by atoms with van der Waals surface area (Å²) in [6.07, 6.45) is 42.7. The van der Waals surface area contributed by atoms with Crippen LogP contribution in [0.2, 0.25) is 0 Å². The Morgan fingerprint density at radius 2 is 0.956 bits per heavy atom. The van der Waals surface area contributed by atoms with Crippen LogP contribution < -0.4 is 0 Å². The third kappa shape index (κ3) is 21.2. The van der Waals surface area contributed by atoms with Gasteiger partial charge in [0.25, 0.3) is 0 Å². The molecule has 4 heteroatoms. The summed E-state index contributed by atoms with van der Waals surface area (Å²) in [6.45, 7) is 6.32. The van der Waals surface area contributed by atoms with E-state index >= 15 is 0 Å². The molecule has 3 unspecified atom stereocenters. The van der Waals surface area contributed by atoms with Crippen LogP contribution in [-0.2, 0) is 14.3 Å². The van der Waals surface area contributed by atoms with Crippen molar-refractivity contribution in [1.82, 2.24) is 0 Å². The number of hydrogen-bond acceptors (Lipinski definition) is 3. The lowest BCUT2D eigenvalue weighted by atomic mass is 9.71. The number of carbonyl (C=O) groups excluding carboxylic acids is 1. The van der Waals surface area contributed by atoms with Gasteiger partial charge in [-0.05, 0) is 45.4 Å². The van der Waals surface area contributed by atoms with Crippen LogP contribution in [-0.4, -0.2) is 23.1 Å². The van der Waals surface area contributed by atoms with Crippen LogP contribution in [0.4, 0.5) is 0 Å². The number of unbranched alkanes of at least 4 members (excludes halogenated alkanes) is 25. The molecule has 0 aromatic heterocycles. The summed E-state index contributed by atoms with van der Waals surface area (Å²) < 4.78 is 6.14. The van der Waals surface area contributed by atoms with Crippen molar-refractivity contribution in [3.05, 3.63) is 12.2 Å². The van der Waals surface area contributed by atoms with E-state index in [0.29, 0.717) is 12.8 Å². The topological polar surface area (TPSA) is 63.6 Å². The maximum absolute atomic E-state index is 13.4. The fraction of sp³-hybridized carbons (Fsp3) is 0.902. The summed E-state index contributed by atoms with van der Waals surface area (Å²) in [4.78, 5) is 25.3. The van der Waals surface area contributed by atoms with Crippen molar-refractivity contribution in [2.24, 2.45) is 11.3 Å². The number of aliphatic carboxylic acids is 1. The second-order valence-electron chi connectivity index (χ2n) is 14.6. The van der Waals surface area contributed by atoms with E-state index in [-0.39, 0.29) is 12.1 Å². The van der Waals surface area contributed by atoms with E-state index in [1.54, 1.807) is 13.0 Å². The summed E-state index contributed by atoms with van der Waals surface area (Å²) >= 11 is 0. The zero-order valence-corrected chi connectivity index (χ0v) is 30.4. The number of carboxylic acids is 1. The monoisotopic (exact) mass is 633 g/mol. The number of allylic oxidation sites excluding steroid dienone is 1. The van der Waals surface area contributed by atoms with Crippen molar-refractivity contribution >= 4 is 11.9 Å². The predicted octanol–water partition coefficient (Wildman–Crippen LogP) is 13.3. The Morgan fingerprint density at radius 1 is 0.622 bits per heavy atom. The molecule has 0 saturated carbocycles. The number of hydrogen-bond donors (Lipinski definition) is 1. The van der Waals surface area contributed by atoms with E-state index in [4.69, 9.17) is 4.74 Å². The molecule has 0 amide bonds. The average molecular weight is 633 g/mol. The average Bonchev–Trinajstić information content (AvgIpc) is 3.03. The number of carboxylic acid groups (broad SMARTS) is 1. The van der Waals surface area contributed by atoms with Gasteiger partial charge < -0.3 is 9.84 Å². The molecule has 1 aliphatic rings. The molecule has 3 atom stereocenters. The van der Waals surface area contributed by atoms with Crippen LogP contribution in [0.3, 0.4) is 0 Å². The Morgan fingerprint density at radius 3 is 1.29 bits per heavy atom. The van der Waals surface area contributed by atoms with Gasteiger partial charge in [-0.15, -0.1) is 0 Å². The lowest BCUT2D eigenvalue weighted by molar-refractivity contribution is -0.168. The van der Waals surface area contributed by atoms with Gasteiger partial charge in [0, 0.05) is 0 Å². The second-order valence-corrected chi connectivity index (χ2v) is 14.6. The van der Waals surface area contributed by atoms with E-state index in [1.807, 2.05) is 6.08 Å². The first-order chi connectivity index (χ1) is 22.0. The molecule has 4 nitrogen and oxygen atoms in total. The van der Waals surface area contributed by atoms with Crippen LogP contribution in [0.1, 0.15) is 220 Å². The van der Waals surface area contributed by atoms with Gasteiger partial charge in [0.1, 0.15) is 6.10 Å². The minimum absolute atomic E-state index is 0.0933. The molecule has 0 aliphatic heterocycles. The highest BCUT2D eigenvalue weighted by molar-refractivity contribution is 5.86. The quantitative estimate of drug-likeness (QED) is 0.0455. The molecule has 0 aromatic carbocycles. The first-order valence-corrected chi connectivity index (χ1v) is 20.1. The highest BCUT2D eigenvalue weighted by atomic mass is 16.5. The number of carbonyl (C=O) groups is 2. The summed E-state index contributed by atoms with van der Waals surface area (Å²) in [7, 11) is 0. The molecular formula is C41H76O4. The fourth-order valence-corrected chi connectivity index (χ4v) is 7.09. The molecule has 0 saturated heterocycles. The molecule has 1 rings (SSSR count). The molecule has 0 fully saturated rings. The van der Waals surface area contributed by atoms with Gasteiger partial charge in [0.2, 0.25) is 0 Å². The summed E-state index contributed by atoms with van der Waals surface area (Å²) in [5.74, 6) is -1.93. The normalized spacial score (nSPS) is 18.7. The predicted molar refractivity (Wildman–Crippen MR) is 193 cm³/mol. The van der Waals surface area contributed by atoms with Crippen molar-refractivity contribution in [2.75, 3.05) is 0 Å². The molecule has 264 valence electrons. The minimum atomic E-state index is -1.06. The van der Waals surface area contributed by atoms with Crippen LogP contribution in [0.5, 0.6) is 0 Å². The second kappa shape index (κ2) is 28.9. The smallest absolute Gasteiger partial charge is 0.316 e. The van der Waals surface area contributed by atoms with E-state index in [2.05, 4.69) is 13.8 Å². The Balaban J connectivity index is 2.31. The van der Waals surface area contributed by atoms with Gasteiger partial charge in [-0.2, -0.15) is 0 Å². The summed E-state index contributed by atoms with van der Waals surface area (Å²) in [6, 6.07) is 0. The third-order valence-electron chi connectivity index (χ3n) is 10.3. The van der Waals surface area contributed by atoms with Crippen LogP contribution in [0.25, 0.3) is 0 Å². The third-order valence-corrected chi connectivity index (χ3v) is 10.3. The lowest BCUT2D eigenvalue weighted by Crippen LogP contribution is -2.42. The maximum atomic E-state index is 13.4. The number of rotatable bonds is 32. The molecule has 0 bridgehead atoms. The zero-order chi connectivity index (χ0) is 32.9. The largest absolute Gasteiger partial charge is 0.481 e. The van der Waals surface area contributed by atoms with E-state index in [0.717, 1.165) is 25.7 Å². The van der Waals surface area contributed by atoms with Gasteiger partial charge >= 0.3 is 11.9 Å². The standard InChI is InChI=1S/C41H76O4/c1-4-6-8-10-12-14-16-18-19-20-22-24-26-28-30-34-37(33-29-27-25-23-21-17-15-13-11-9-7-5-2)45-40(44)41(3)36-32-31-35-38(41)39(42)43/h32,36-38H,4-31,33-35H2,1-3H3,(H,42,43). The van der Waals surface area contributed by atoms with Gasteiger partial charge in [0.05, 0.1) is 11.3 Å². The van der Waals surface area contributed by atoms with Crippen LogP contribution in [0, 0.1) is 11.3 Å². The summed E-state index contributed by atoms with van der Waals surface area (Å²) in [5.41, 5.74) is -1.06. The fourth-order valence-electron chi connectivity index (χ4n) is 7.09. The first-order valence-electron chi connectivity index (χ1n) is 20.1. The first kappa shape index (κ1) is 41.7. The van der Waals surface area contributed by atoms with Gasteiger partial charge in [-0.25, -0.2) is 0 Å². The molecule has 0 spiro atoms. The molecule has 0 aromatic rings. The Bertz CT molecular complexity index is 731. The Kier molecular flexibility index (Phi) is 26.8. The van der Waals surface area contributed by atoms with Crippen molar-refractivity contribution in [2.45, 2.75) is 226 Å². The van der Waals surface area contributed by atoms with E-state index < -0.39 is 17.3 Å². The van der Waals surface area contributed by atoms with E-state index in [1.165, 1.54) is 161 Å². The maximum Gasteiger partial charge on any atom is 0.316 e.